The number of morpholine rings is 1. The third-order valence-corrected chi connectivity index (χ3v) is 3.90. The molecule has 2 aromatic rings. The predicted molar refractivity (Wildman–Crippen MR) is 90.9 cm³/mol. The summed E-state index contributed by atoms with van der Waals surface area (Å²) in [4.78, 5) is 25.0. The molecule has 1 amide bonds. The van der Waals surface area contributed by atoms with E-state index in [1.165, 1.54) is 6.07 Å². The second kappa shape index (κ2) is 7.22. The van der Waals surface area contributed by atoms with Crippen molar-refractivity contribution in [3.63, 3.8) is 0 Å². The maximum Gasteiger partial charge on any atom is 0.293 e. The SMILES string of the molecule is Cc1cccc([N+](=O)[O-])c1NC(=O)c1ccc(N2CCOCC2)nn1. The van der Waals surface area contributed by atoms with Crippen molar-refractivity contribution in [2.75, 3.05) is 36.5 Å². The predicted octanol–water partition coefficient (Wildman–Crippen LogP) is 1.78. The lowest BCUT2D eigenvalue weighted by atomic mass is 10.1. The molecule has 3 rings (SSSR count). The van der Waals surface area contributed by atoms with E-state index < -0.39 is 10.8 Å². The van der Waals surface area contributed by atoms with Crippen molar-refractivity contribution in [2.45, 2.75) is 6.92 Å². The summed E-state index contributed by atoms with van der Waals surface area (Å²) in [5.74, 6) is 0.125. The highest BCUT2D eigenvalue weighted by Crippen LogP contribution is 2.28. The molecular formula is C16H17N5O4. The number of nitrogens with one attached hydrogen (secondary N) is 1. The first-order chi connectivity index (χ1) is 12.1. The molecule has 2 heterocycles. The van der Waals surface area contributed by atoms with E-state index in [-0.39, 0.29) is 17.1 Å². The van der Waals surface area contributed by atoms with Crippen LogP contribution in [0.1, 0.15) is 16.1 Å². The van der Waals surface area contributed by atoms with Crippen LogP contribution in [0.5, 0.6) is 0 Å². The molecule has 0 unspecified atom stereocenters. The minimum absolute atomic E-state index is 0.0922. The zero-order valence-corrected chi connectivity index (χ0v) is 13.6. The lowest BCUT2D eigenvalue weighted by molar-refractivity contribution is -0.384. The molecule has 0 aliphatic carbocycles. The van der Waals surface area contributed by atoms with E-state index in [4.69, 9.17) is 4.74 Å². The average Bonchev–Trinajstić information content (AvgIpc) is 2.64. The Labute approximate surface area is 143 Å². The number of ether oxygens (including phenoxy) is 1. The molecule has 9 nitrogen and oxygen atoms in total. The molecule has 9 heteroatoms. The quantitative estimate of drug-likeness (QED) is 0.665. The number of amides is 1. The highest BCUT2D eigenvalue weighted by Gasteiger charge is 2.20. The topological polar surface area (TPSA) is 110 Å². The van der Waals surface area contributed by atoms with E-state index in [9.17, 15) is 14.9 Å². The first-order valence-electron chi connectivity index (χ1n) is 7.78. The molecule has 1 N–H and O–H groups in total. The fourth-order valence-electron chi connectivity index (χ4n) is 2.55. The summed E-state index contributed by atoms with van der Waals surface area (Å²) < 4.78 is 5.28. The highest BCUT2D eigenvalue weighted by molar-refractivity contribution is 6.04. The maximum absolute atomic E-state index is 12.4. The van der Waals surface area contributed by atoms with Crippen molar-refractivity contribution in [3.8, 4) is 0 Å². The molecule has 0 bridgehead atoms. The minimum Gasteiger partial charge on any atom is -0.378 e. The van der Waals surface area contributed by atoms with Gasteiger partial charge in [-0.05, 0) is 24.6 Å². The molecule has 130 valence electrons. The summed E-state index contributed by atoms with van der Waals surface area (Å²) in [6.45, 7) is 4.38. The second-order valence-corrected chi connectivity index (χ2v) is 5.56. The number of nitro benzene ring substituents is 1. The van der Waals surface area contributed by atoms with Crippen molar-refractivity contribution in [3.05, 3.63) is 51.7 Å². The van der Waals surface area contributed by atoms with Gasteiger partial charge in [0.25, 0.3) is 11.6 Å². The van der Waals surface area contributed by atoms with Crippen LogP contribution in [0.4, 0.5) is 17.2 Å². The van der Waals surface area contributed by atoms with Gasteiger partial charge in [0.1, 0.15) is 5.69 Å². The zero-order chi connectivity index (χ0) is 17.8. The van der Waals surface area contributed by atoms with E-state index in [2.05, 4.69) is 15.5 Å². The van der Waals surface area contributed by atoms with Crippen LogP contribution in [0.3, 0.4) is 0 Å². The summed E-state index contributed by atoms with van der Waals surface area (Å²) in [5.41, 5.74) is 0.692. The molecular weight excluding hydrogens is 326 g/mol. The number of nitro groups is 1. The van der Waals surface area contributed by atoms with Gasteiger partial charge in [-0.2, -0.15) is 0 Å². The molecule has 1 fully saturated rings. The van der Waals surface area contributed by atoms with Crippen LogP contribution in [0.15, 0.2) is 30.3 Å². The van der Waals surface area contributed by atoms with Crippen molar-refractivity contribution in [1.82, 2.24) is 10.2 Å². The van der Waals surface area contributed by atoms with Gasteiger partial charge in [0, 0.05) is 19.2 Å². The Bertz CT molecular complexity index is 788. The molecule has 0 spiro atoms. The van der Waals surface area contributed by atoms with E-state index >= 15 is 0 Å². The van der Waals surface area contributed by atoms with Gasteiger partial charge in [0.05, 0.1) is 18.1 Å². The Morgan fingerprint density at radius 2 is 2.00 bits per heavy atom. The number of nitrogens with zero attached hydrogens (tertiary/aromatic N) is 4. The molecule has 0 radical (unpaired) electrons. The van der Waals surface area contributed by atoms with Crippen molar-refractivity contribution in [2.24, 2.45) is 0 Å². The Morgan fingerprint density at radius 3 is 2.64 bits per heavy atom. The summed E-state index contributed by atoms with van der Waals surface area (Å²) in [6.07, 6.45) is 0. The number of hydrogen-bond acceptors (Lipinski definition) is 7. The van der Waals surface area contributed by atoms with E-state index in [1.807, 2.05) is 4.90 Å². The zero-order valence-electron chi connectivity index (χ0n) is 13.6. The number of para-hydroxylation sites is 1. The van der Waals surface area contributed by atoms with Crippen LogP contribution < -0.4 is 10.2 Å². The van der Waals surface area contributed by atoms with Crippen LogP contribution in [-0.2, 0) is 4.74 Å². The normalized spacial score (nSPS) is 14.2. The largest absolute Gasteiger partial charge is 0.378 e. The molecule has 1 aliphatic rings. The molecule has 0 atom stereocenters. The van der Waals surface area contributed by atoms with Crippen LogP contribution in [-0.4, -0.2) is 47.3 Å². The molecule has 1 aromatic carbocycles. The Kier molecular flexibility index (Phi) is 4.85. The van der Waals surface area contributed by atoms with Gasteiger partial charge in [0.15, 0.2) is 11.5 Å². The summed E-state index contributed by atoms with van der Waals surface area (Å²) >= 11 is 0. The standard InChI is InChI=1S/C16H17N5O4/c1-11-3-2-4-13(21(23)24)15(11)17-16(22)12-5-6-14(19-18-12)20-7-9-25-10-8-20/h2-6H,7-10H2,1H3,(H,17,22). The van der Waals surface area contributed by atoms with Crippen LogP contribution in [0.2, 0.25) is 0 Å². The van der Waals surface area contributed by atoms with E-state index in [1.54, 1.807) is 31.2 Å². The fraction of sp³-hybridized carbons (Fsp3) is 0.312. The summed E-state index contributed by atoms with van der Waals surface area (Å²) in [6, 6.07) is 7.86. The number of hydrogen-bond donors (Lipinski definition) is 1. The third-order valence-electron chi connectivity index (χ3n) is 3.90. The number of rotatable bonds is 4. The monoisotopic (exact) mass is 343 g/mol. The molecule has 1 saturated heterocycles. The van der Waals surface area contributed by atoms with Gasteiger partial charge in [-0.15, -0.1) is 10.2 Å². The van der Waals surface area contributed by atoms with Gasteiger partial charge in [0.2, 0.25) is 0 Å². The fourth-order valence-corrected chi connectivity index (χ4v) is 2.55. The first kappa shape index (κ1) is 16.8. The third kappa shape index (κ3) is 3.72. The average molecular weight is 343 g/mol. The van der Waals surface area contributed by atoms with Crippen molar-refractivity contribution >= 4 is 23.1 Å². The number of aromatic nitrogens is 2. The van der Waals surface area contributed by atoms with Crippen LogP contribution in [0, 0.1) is 17.0 Å². The maximum atomic E-state index is 12.4. The van der Waals surface area contributed by atoms with Gasteiger partial charge in [-0.3, -0.25) is 14.9 Å². The highest BCUT2D eigenvalue weighted by atomic mass is 16.6. The molecule has 0 saturated carbocycles. The number of aryl methyl sites for hydroxylation is 1. The Morgan fingerprint density at radius 1 is 1.24 bits per heavy atom. The first-order valence-corrected chi connectivity index (χ1v) is 7.78. The van der Waals surface area contributed by atoms with Gasteiger partial charge >= 0.3 is 0 Å². The van der Waals surface area contributed by atoms with Crippen molar-refractivity contribution < 1.29 is 14.5 Å². The Balaban J connectivity index is 1.77. The Hall–Kier alpha value is -3.07. The second-order valence-electron chi connectivity index (χ2n) is 5.56. The smallest absolute Gasteiger partial charge is 0.293 e. The minimum atomic E-state index is -0.543. The molecule has 25 heavy (non-hydrogen) atoms. The number of carbonyl (C=O) groups is 1. The van der Waals surface area contributed by atoms with E-state index in [0.29, 0.717) is 24.6 Å². The van der Waals surface area contributed by atoms with Gasteiger partial charge in [-0.1, -0.05) is 12.1 Å². The van der Waals surface area contributed by atoms with E-state index in [0.717, 1.165) is 13.1 Å². The summed E-state index contributed by atoms with van der Waals surface area (Å²) in [5, 5.41) is 21.7. The lowest BCUT2D eigenvalue weighted by Crippen LogP contribution is -2.37. The summed E-state index contributed by atoms with van der Waals surface area (Å²) in [7, 11) is 0. The lowest BCUT2D eigenvalue weighted by Gasteiger charge is -2.27. The number of carbonyl (C=O) groups excluding carboxylic acids is 1. The number of benzene rings is 1. The molecule has 1 aliphatic heterocycles. The van der Waals surface area contributed by atoms with Crippen molar-refractivity contribution in [1.29, 1.82) is 0 Å². The van der Waals surface area contributed by atoms with Gasteiger partial charge < -0.3 is 15.0 Å². The van der Waals surface area contributed by atoms with Crippen LogP contribution in [0.25, 0.3) is 0 Å². The van der Waals surface area contributed by atoms with Gasteiger partial charge in [-0.25, -0.2) is 0 Å². The molecule has 1 aromatic heterocycles. The number of anilines is 2. The van der Waals surface area contributed by atoms with Crippen LogP contribution >= 0.6 is 0 Å².